The van der Waals surface area contributed by atoms with E-state index in [1.165, 1.54) is 31.2 Å². The van der Waals surface area contributed by atoms with Crippen LogP contribution >= 0.6 is 11.8 Å². The molecule has 0 aliphatic carbocycles. The quantitative estimate of drug-likeness (QED) is 0.113. The molecule has 1 aliphatic heterocycles. The van der Waals surface area contributed by atoms with Crippen LogP contribution in [0, 0.1) is 10.1 Å². The average Bonchev–Trinajstić information content (AvgIpc) is 2.96. The van der Waals surface area contributed by atoms with Gasteiger partial charge in [-0.15, -0.1) is 11.8 Å². The summed E-state index contributed by atoms with van der Waals surface area (Å²) in [7, 11) is 1.13. The zero-order valence-electron chi connectivity index (χ0n) is 24.9. The lowest BCUT2D eigenvalue weighted by Gasteiger charge is -2.43. The van der Waals surface area contributed by atoms with Crippen LogP contribution in [0.4, 0.5) is 10.5 Å². The minimum Gasteiger partial charge on any atom is -0.475 e. The van der Waals surface area contributed by atoms with Gasteiger partial charge in [-0.3, -0.25) is 29.3 Å². The highest BCUT2D eigenvalue weighted by molar-refractivity contribution is 8.00. The van der Waals surface area contributed by atoms with E-state index in [1.807, 2.05) is 0 Å². The summed E-state index contributed by atoms with van der Waals surface area (Å²) in [6.45, 7) is 4.28. The molecule has 45 heavy (non-hydrogen) atoms. The summed E-state index contributed by atoms with van der Waals surface area (Å²) in [4.78, 5) is 70.5. The van der Waals surface area contributed by atoms with Crippen molar-refractivity contribution in [3.05, 3.63) is 63.7 Å². The third kappa shape index (κ3) is 10.1. The number of nitro benzene ring substituents is 1. The van der Waals surface area contributed by atoms with Crippen LogP contribution in [-0.4, -0.2) is 77.7 Å². The number of non-ortho nitro benzene ring substituents is 1. The van der Waals surface area contributed by atoms with Crippen molar-refractivity contribution in [3.63, 3.8) is 0 Å². The number of benzene rings is 2. The molecule has 242 valence electrons. The van der Waals surface area contributed by atoms with E-state index in [2.05, 4.69) is 4.74 Å². The Bertz CT molecular complexity index is 1430. The van der Waals surface area contributed by atoms with Crippen LogP contribution in [0.1, 0.15) is 38.8 Å². The maximum Gasteiger partial charge on any atom is 0.513 e. The number of nitro groups is 1. The zero-order chi connectivity index (χ0) is 33.3. The van der Waals surface area contributed by atoms with E-state index in [-0.39, 0.29) is 30.2 Å². The third-order valence-electron chi connectivity index (χ3n) is 6.14. The molecule has 0 bridgehead atoms. The fourth-order valence-electron chi connectivity index (χ4n) is 4.36. The minimum atomic E-state index is -1.38. The largest absolute Gasteiger partial charge is 0.513 e. The summed E-state index contributed by atoms with van der Waals surface area (Å²) in [6, 6.07) is 10.3. The second-order valence-electron chi connectivity index (χ2n) is 9.61. The Morgan fingerprint density at radius 1 is 0.822 bits per heavy atom. The van der Waals surface area contributed by atoms with E-state index in [1.54, 1.807) is 18.2 Å². The Kier molecular flexibility index (Phi) is 12.1. The number of carbonyl (C=O) groups excluding carboxylic acids is 5. The van der Waals surface area contributed by atoms with Gasteiger partial charge in [0.05, 0.1) is 17.3 Å². The van der Waals surface area contributed by atoms with Crippen LogP contribution in [0.15, 0.2) is 42.5 Å². The highest BCUT2D eigenvalue weighted by Gasteiger charge is 2.53. The first kappa shape index (κ1) is 34.6. The lowest BCUT2D eigenvalue weighted by molar-refractivity contribution is -0.384. The third-order valence-corrected chi connectivity index (χ3v) is 7.53. The van der Waals surface area contributed by atoms with Crippen LogP contribution in [0.2, 0.25) is 0 Å². The van der Waals surface area contributed by atoms with E-state index in [9.17, 15) is 34.1 Å². The van der Waals surface area contributed by atoms with Crippen LogP contribution in [-0.2, 0) is 49.3 Å². The molecule has 1 fully saturated rings. The Morgan fingerprint density at radius 3 is 1.98 bits per heavy atom. The Hall–Kier alpha value is -4.86. The van der Waals surface area contributed by atoms with Crippen LogP contribution in [0.25, 0.3) is 0 Å². The second kappa shape index (κ2) is 15.7. The molecule has 2 aromatic rings. The number of hydrogen-bond acceptors (Lipinski definition) is 15. The summed E-state index contributed by atoms with van der Waals surface area (Å²) >= 11 is 0.991. The van der Waals surface area contributed by atoms with Crippen molar-refractivity contribution in [3.8, 4) is 11.5 Å². The van der Waals surface area contributed by atoms with Crippen molar-refractivity contribution in [2.75, 3.05) is 13.7 Å². The van der Waals surface area contributed by atoms with E-state index in [4.69, 9.17) is 28.4 Å². The smallest absolute Gasteiger partial charge is 0.475 e. The first-order valence-corrected chi connectivity index (χ1v) is 14.3. The van der Waals surface area contributed by atoms with Crippen molar-refractivity contribution in [2.24, 2.45) is 0 Å². The summed E-state index contributed by atoms with van der Waals surface area (Å²) in [5, 5.41) is 10.2. The van der Waals surface area contributed by atoms with E-state index in [0.717, 1.165) is 39.6 Å². The van der Waals surface area contributed by atoms with E-state index in [0.29, 0.717) is 11.1 Å². The summed E-state index contributed by atoms with van der Waals surface area (Å²) in [5.74, 6) is -2.75. The SMILES string of the molecule is COC(=O)Oc1ccc(Cc2ccc([N+](=O)[O-])cc2)c(O[C@@H]2S[C@H](COC(C)=O)[C@@H](OC(C)=O)[C@H](OC(C)=O)[C@H]2OC(C)=O)c1. The molecule has 1 saturated heterocycles. The van der Waals surface area contributed by atoms with Crippen molar-refractivity contribution in [1.29, 1.82) is 0 Å². The van der Waals surface area contributed by atoms with Gasteiger partial charge in [0.15, 0.2) is 23.7 Å². The molecular formula is C29H31NO14S. The second-order valence-corrected chi connectivity index (χ2v) is 11.0. The molecule has 0 amide bonds. The van der Waals surface area contributed by atoms with Gasteiger partial charge in [0.1, 0.15) is 18.1 Å². The Morgan fingerprint density at radius 2 is 1.42 bits per heavy atom. The number of methoxy groups -OCH3 is 1. The standard InChI is InChI=1S/C29H31NO14S/c1-15(31)39-14-24-25(40-16(2)32)26(41-17(3)33)27(42-18(4)34)28(45-24)44-23-13-22(43-29(35)38-5)11-8-20(23)12-19-6-9-21(10-7-19)30(36)37/h6-11,13,24-28H,12,14H2,1-5H3/t24-,25-,26+,27-,28-/m1/s1. The first-order chi connectivity index (χ1) is 21.3. The maximum absolute atomic E-state index is 12.2. The summed E-state index contributed by atoms with van der Waals surface area (Å²) < 4.78 is 37.8. The molecule has 3 rings (SSSR count). The van der Waals surface area contributed by atoms with Crippen LogP contribution in [0.3, 0.4) is 0 Å². The summed E-state index contributed by atoms with van der Waals surface area (Å²) in [5.41, 5.74) is -0.0709. The zero-order valence-corrected chi connectivity index (χ0v) is 25.7. The molecule has 0 N–H and O–H groups in total. The number of thioether (sulfide) groups is 1. The van der Waals surface area contributed by atoms with Crippen molar-refractivity contribution >= 4 is 47.5 Å². The van der Waals surface area contributed by atoms with Gasteiger partial charge in [0.25, 0.3) is 5.69 Å². The first-order valence-electron chi connectivity index (χ1n) is 13.4. The van der Waals surface area contributed by atoms with E-state index < -0.39 is 64.0 Å². The van der Waals surface area contributed by atoms with Crippen molar-refractivity contribution in [1.82, 2.24) is 0 Å². The molecule has 1 heterocycles. The van der Waals surface area contributed by atoms with Crippen molar-refractivity contribution in [2.45, 2.75) is 63.1 Å². The number of ether oxygens (including phenoxy) is 7. The van der Waals surface area contributed by atoms with Gasteiger partial charge < -0.3 is 33.2 Å². The number of rotatable bonds is 11. The maximum atomic E-state index is 12.2. The van der Waals surface area contributed by atoms with Gasteiger partial charge in [-0.05, 0) is 17.2 Å². The van der Waals surface area contributed by atoms with Gasteiger partial charge >= 0.3 is 30.0 Å². The highest BCUT2D eigenvalue weighted by Crippen LogP contribution is 2.41. The number of hydrogen-bond donors (Lipinski definition) is 0. The van der Waals surface area contributed by atoms with Crippen molar-refractivity contribution < 1.29 is 62.1 Å². The average molecular weight is 650 g/mol. The molecule has 16 heteroatoms. The highest BCUT2D eigenvalue weighted by atomic mass is 32.2. The molecule has 15 nitrogen and oxygen atoms in total. The van der Waals surface area contributed by atoms with E-state index >= 15 is 0 Å². The van der Waals surface area contributed by atoms with Gasteiger partial charge in [-0.25, -0.2) is 4.79 Å². The molecule has 2 aromatic carbocycles. The van der Waals surface area contributed by atoms with Gasteiger partial charge in [0, 0.05) is 52.3 Å². The summed E-state index contributed by atoms with van der Waals surface area (Å²) in [6.07, 6.45) is -4.74. The van der Waals surface area contributed by atoms with Crippen LogP contribution in [0.5, 0.6) is 11.5 Å². The monoisotopic (exact) mass is 649 g/mol. The molecular weight excluding hydrogens is 618 g/mol. The fourth-order valence-corrected chi connectivity index (χ4v) is 5.74. The molecule has 1 aliphatic rings. The fraction of sp³-hybridized carbons (Fsp3) is 0.414. The Balaban J connectivity index is 2.09. The number of carbonyl (C=O) groups is 5. The predicted octanol–water partition coefficient (Wildman–Crippen LogP) is 3.51. The predicted molar refractivity (Wildman–Crippen MR) is 154 cm³/mol. The van der Waals surface area contributed by atoms with Gasteiger partial charge in [-0.1, -0.05) is 18.2 Å². The minimum absolute atomic E-state index is 0.0277. The molecule has 5 atom stereocenters. The lowest BCUT2D eigenvalue weighted by Crippen LogP contribution is -2.59. The number of esters is 4. The number of nitrogens with zero attached hydrogens (tertiary/aromatic N) is 1. The normalized spacial score (nSPS) is 20.6. The Labute approximate surface area is 261 Å². The topological polar surface area (TPSA) is 193 Å². The van der Waals surface area contributed by atoms with Gasteiger partial charge in [-0.2, -0.15) is 0 Å². The molecule has 0 radical (unpaired) electrons. The molecule has 0 spiro atoms. The molecule has 0 unspecified atom stereocenters. The van der Waals surface area contributed by atoms with Crippen LogP contribution < -0.4 is 9.47 Å². The lowest BCUT2D eigenvalue weighted by atomic mass is 10.0. The van der Waals surface area contributed by atoms with Gasteiger partial charge in [0.2, 0.25) is 0 Å². The molecule has 0 saturated carbocycles. The molecule has 0 aromatic heterocycles.